The minimum absolute atomic E-state index is 0.185. The van der Waals surface area contributed by atoms with Gasteiger partial charge in [0.15, 0.2) is 0 Å². The van der Waals surface area contributed by atoms with Crippen LogP contribution in [-0.2, 0) is 0 Å². The number of benzene rings is 1. The molecule has 0 heterocycles. The van der Waals surface area contributed by atoms with Crippen LogP contribution in [0.15, 0.2) is 36.9 Å². The molecule has 0 radical (unpaired) electrons. The first-order valence-corrected chi connectivity index (χ1v) is 5.76. The third kappa shape index (κ3) is 4.15. The first-order chi connectivity index (χ1) is 7.63. The topological polar surface area (TPSA) is 12.0 Å². The summed E-state index contributed by atoms with van der Waals surface area (Å²) in [4.78, 5) is 0. The zero-order chi connectivity index (χ0) is 12.0. The van der Waals surface area contributed by atoms with Gasteiger partial charge in [0, 0.05) is 12.1 Å². The van der Waals surface area contributed by atoms with E-state index in [9.17, 15) is 4.39 Å². The molecule has 1 unspecified atom stereocenters. The molecule has 2 atom stereocenters. The molecule has 1 N–H and O–H groups in total. The Balaban J connectivity index is 2.48. The lowest BCUT2D eigenvalue weighted by atomic mass is 10.1. The zero-order valence-corrected chi connectivity index (χ0v) is 10.0. The summed E-state index contributed by atoms with van der Waals surface area (Å²) in [5.74, 6) is -0.185. The molecule has 1 rings (SSSR count). The van der Waals surface area contributed by atoms with E-state index in [1.807, 2.05) is 18.2 Å². The highest BCUT2D eigenvalue weighted by Gasteiger charge is 2.08. The van der Waals surface area contributed by atoms with Crippen molar-refractivity contribution in [3.63, 3.8) is 0 Å². The maximum absolute atomic E-state index is 12.7. The molecular formula is C14H20FN. The van der Waals surface area contributed by atoms with Gasteiger partial charge >= 0.3 is 0 Å². The summed E-state index contributed by atoms with van der Waals surface area (Å²) in [7, 11) is 0. The molecule has 0 saturated heterocycles. The first-order valence-electron chi connectivity index (χ1n) is 5.76. The Labute approximate surface area is 97.4 Å². The number of allylic oxidation sites excluding steroid dienone is 1. The maximum Gasteiger partial charge on any atom is 0.123 e. The van der Waals surface area contributed by atoms with Crippen molar-refractivity contribution < 1.29 is 4.39 Å². The third-order valence-electron chi connectivity index (χ3n) is 2.71. The van der Waals surface area contributed by atoms with Crippen LogP contribution in [0.5, 0.6) is 0 Å². The standard InChI is InChI=1S/C14H20FN/c1-4-5-6-11(2)16-12(3)13-7-9-14(15)10-8-13/h4,7-12,16H,1,5-6H2,2-3H3/t11?,12-/m1/s1. The Bertz CT molecular complexity index is 318. The molecule has 0 aliphatic rings. The summed E-state index contributed by atoms with van der Waals surface area (Å²) in [6, 6.07) is 7.35. The lowest BCUT2D eigenvalue weighted by molar-refractivity contribution is 0.458. The molecular weight excluding hydrogens is 201 g/mol. The quantitative estimate of drug-likeness (QED) is 0.720. The summed E-state index contributed by atoms with van der Waals surface area (Å²) in [6.07, 6.45) is 4.03. The molecule has 0 spiro atoms. The Morgan fingerprint density at radius 1 is 1.31 bits per heavy atom. The van der Waals surface area contributed by atoms with Crippen LogP contribution in [0.4, 0.5) is 4.39 Å². The second kappa shape index (κ2) is 6.44. The molecule has 0 fully saturated rings. The van der Waals surface area contributed by atoms with Gasteiger partial charge in [0.2, 0.25) is 0 Å². The van der Waals surface area contributed by atoms with Crippen molar-refractivity contribution in [3.05, 3.63) is 48.3 Å². The van der Waals surface area contributed by atoms with E-state index in [4.69, 9.17) is 0 Å². The molecule has 1 nitrogen and oxygen atoms in total. The van der Waals surface area contributed by atoms with Crippen molar-refractivity contribution in [3.8, 4) is 0 Å². The number of halogens is 1. The SMILES string of the molecule is C=CCCC(C)N[C@H](C)c1ccc(F)cc1. The van der Waals surface area contributed by atoms with E-state index in [1.54, 1.807) is 0 Å². The molecule has 0 aromatic heterocycles. The van der Waals surface area contributed by atoms with Gasteiger partial charge < -0.3 is 5.32 Å². The van der Waals surface area contributed by atoms with Crippen molar-refractivity contribution >= 4 is 0 Å². The fourth-order valence-electron chi connectivity index (χ4n) is 1.73. The van der Waals surface area contributed by atoms with E-state index in [2.05, 4.69) is 25.7 Å². The minimum atomic E-state index is -0.185. The summed E-state index contributed by atoms with van der Waals surface area (Å²) in [5.41, 5.74) is 1.12. The lowest BCUT2D eigenvalue weighted by Crippen LogP contribution is -2.28. The van der Waals surface area contributed by atoms with Crippen molar-refractivity contribution in [1.82, 2.24) is 5.32 Å². The smallest absolute Gasteiger partial charge is 0.123 e. The molecule has 16 heavy (non-hydrogen) atoms. The van der Waals surface area contributed by atoms with Gasteiger partial charge in [0.05, 0.1) is 0 Å². The Morgan fingerprint density at radius 2 is 1.94 bits per heavy atom. The van der Waals surface area contributed by atoms with Crippen LogP contribution < -0.4 is 5.32 Å². The zero-order valence-electron chi connectivity index (χ0n) is 10.0. The highest BCUT2D eigenvalue weighted by Crippen LogP contribution is 2.14. The normalized spacial score (nSPS) is 14.4. The number of hydrogen-bond acceptors (Lipinski definition) is 1. The fourth-order valence-corrected chi connectivity index (χ4v) is 1.73. The van der Waals surface area contributed by atoms with Gasteiger partial charge in [0.25, 0.3) is 0 Å². The number of rotatable bonds is 6. The molecule has 0 aliphatic carbocycles. The van der Waals surface area contributed by atoms with E-state index in [1.165, 1.54) is 12.1 Å². The van der Waals surface area contributed by atoms with Crippen LogP contribution >= 0.6 is 0 Å². The minimum Gasteiger partial charge on any atom is -0.308 e. The largest absolute Gasteiger partial charge is 0.308 e. The van der Waals surface area contributed by atoms with E-state index >= 15 is 0 Å². The van der Waals surface area contributed by atoms with E-state index in [0.29, 0.717) is 6.04 Å². The predicted octanol–water partition coefficient (Wildman–Crippen LogP) is 3.83. The van der Waals surface area contributed by atoms with Gasteiger partial charge in [-0.3, -0.25) is 0 Å². The van der Waals surface area contributed by atoms with Crippen LogP contribution in [0.25, 0.3) is 0 Å². The van der Waals surface area contributed by atoms with Crippen LogP contribution in [0, 0.1) is 5.82 Å². The second-order valence-electron chi connectivity index (χ2n) is 4.21. The Hall–Kier alpha value is -1.15. The van der Waals surface area contributed by atoms with Crippen LogP contribution in [0.1, 0.15) is 38.3 Å². The molecule has 0 aliphatic heterocycles. The van der Waals surface area contributed by atoms with E-state index in [-0.39, 0.29) is 11.9 Å². The maximum atomic E-state index is 12.7. The fraction of sp³-hybridized carbons (Fsp3) is 0.429. The third-order valence-corrected chi connectivity index (χ3v) is 2.71. The van der Waals surface area contributed by atoms with E-state index < -0.39 is 0 Å². The van der Waals surface area contributed by atoms with Crippen molar-refractivity contribution in [1.29, 1.82) is 0 Å². The number of nitrogens with one attached hydrogen (secondary N) is 1. The summed E-state index contributed by atoms with van der Waals surface area (Å²) >= 11 is 0. The monoisotopic (exact) mass is 221 g/mol. The first kappa shape index (κ1) is 12.9. The highest BCUT2D eigenvalue weighted by molar-refractivity contribution is 5.19. The Morgan fingerprint density at radius 3 is 2.50 bits per heavy atom. The molecule has 88 valence electrons. The van der Waals surface area contributed by atoms with Gasteiger partial charge in [-0.05, 0) is 44.4 Å². The number of hydrogen-bond donors (Lipinski definition) is 1. The van der Waals surface area contributed by atoms with Gasteiger partial charge in [0.1, 0.15) is 5.82 Å². The van der Waals surface area contributed by atoms with Gasteiger partial charge in [-0.15, -0.1) is 6.58 Å². The second-order valence-corrected chi connectivity index (χ2v) is 4.21. The highest BCUT2D eigenvalue weighted by atomic mass is 19.1. The molecule has 0 amide bonds. The van der Waals surface area contributed by atoms with E-state index in [0.717, 1.165) is 18.4 Å². The van der Waals surface area contributed by atoms with Crippen LogP contribution in [0.2, 0.25) is 0 Å². The molecule has 0 bridgehead atoms. The van der Waals surface area contributed by atoms with Gasteiger partial charge in [-0.2, -0.15) is 0 Å². The van der Waals surface area contributed by atoms with Crippen LogP contribution in [-0.4, -0.2) is 6.04 Å². The molecule has 0 saturated carbocycles. The average Bonchev–Trinajstić information content (AvgIpc) is 2.27. The summed E-state index contributed by atoms with van der Waals surface area (Å²) < 4.78 is 12.7. The Kier molecular flexibility index (Phi) is 5.20. The molecule has 2 heteroatoms. The predicted molar refractivity (Wildman–Crippen MR) is 66.8 cm³/mol. The lowest BCUT2D eigenvalue weighted by Gasteiger charge is -2.19. The summed E-state index contributed by atoms with van der Waals surface area (Å²) in [6.45, 7) is 7.96. The van der Waals surface area contributed by atoms with Crippen molar-refractivity contribution in [2.75, 3.05) is 0 Å². The van der Waals surface area contributed by atoms with Crippen molar-refractivity contribution in [2.45, 2.75) is 38.8 Å². The summed E-state index contributed by atoms with van der Waals surface area (Å²) in [5, 5.41) is 3.48. The van der Waals surface area contributed by atoms with Gasteiger partial charge in [-0.25, -0.2) is 4.39 Å². The molecule has 1 aromatic carbocycles. The molecule has 1 aromatic rings. The van der Waals surface area contributed by atoms with Gasteiger partial charge in [-0.1, -0.05) is 18.2 Å². The van der Waals surface area contributed by atoms with Crippen molar-refractivity contribution in [2.24, 2.45) is 0 Å². The average molecular weight is 221 g/mol. The van der Waals surface area contributed by atoms with Crippen LogP contribution in [0.3, 0.4) is 0 Å².